The van der Waals surface area contributed by atoms with Crippen molar-refractivity contribution in [1.29, 1.82) is 0 Å². The predicted octanol–water partition coefficient (Wildman–Crippen LogP) is 2.49. The molecule has 1 heterocycles. The highest BCUT2D eigenvalue weighted by molar-refractivity contribution is 14.1. The molecule has 1 aromatic rings. The van der Waals surface area contributed by atoms with E-state index in [0.717, 1.165) is 36.0 Å². The van der Waals surface area contributed by atoms with Crippen LogP contribution in [0.3, 0.4) is 0 Å². The number of thioether (sulfide) groups is 1. The fraction of sp³-hybridized carbons (Fsp3) is 0.462. The van der Waals surface area contributed by atoms with Crippen molar-refractivity contribution in [3.8, 4) is 0 Å². The summed E-state index contributed by atoms with van der Waals surface area (Å²) >= 11 is 3.99. The van der Waals surface area contributed by atoms with Crippen molar-refractivity contribution >= 4 is 45.9 Å². The van der Waals surface area contributed by atoms with Crippen molar-refractivity contribution in [2.45, 2.75) is 6.92 Å². The van der Waals surface area contributed by atoms with Crippen molar-refractivity contribution in [3.05, 3.63) is 27.3 Å². The van der Waals surface area contributed by atoms with Gasteiger partial charge in [-0.05, 0) is 78.0 Å². The second-order valence-electron chi connectivity index (χ2n) is 4.55. The molecule has 0 unspecified atom stereocenters. The van der Waals surface area contributed by atoms with Crippen LogP contribution < -0.4 is 10.6 Å². The van der Waals surface area contributed by atoms with E-state index in [9.17, 15) is 4.79 Å². The first kappa shape index (κ1) is 14.1. The summed E-state index contributed by atoms with van der Waals surface area (Å²) in [7, 11) is 0. The number of hydrogen-bond donors (Lipinski definition) is 2. The maximum atomic E-state index is 11.8. The van der Waals surface area contributed by atoms with Gasteiger partial charge in [-0.3, -0.25) is 4.79 Å². The fourth-order valence-corrected chi connectivity index (χ4v) is 3.33. The number of carbonyl (C=O) groups is 1. The number of aryl methyl sites for hydroxylation is 1. The monoisotopic (exact) mass is 376 g/mol. The molecule has 3 nitrogen and oxygen atoms in total. The van der Waals surface area contributed by atoms with Crippen LogP contribution in [0.2, 0.25) is 0 Å². The minimum absolute atomic E-state index is 0.0941. The molecule has 2 rings (SSSR count). The molecule has 18 heavy (non-hydrogen) atoms. The average Bonchev–Trinajstić information content (AvgIpc) is 2.26. The third-order valence-corrected chi connectivity index (χ3v) is 4.76. The Morgan fingerprint density at radius 3 is 2.94 bits per heavy atom. The lowest BCUT2D eigenvalue weighted by Gasteiger charge is -2.26. The topological polar surface area (TPSA) is 41.1 Å². The zero-order valence-electron chi connectivity index (χ0n) is 10.3. The molecule has 1 aliphatic heterocycles. The van der Waals surface area contributed by atoms with Gasteiger partial charge in [0.25, 0.3) is 0 Å². The lowest BCUT2D eigenvalue weighted by atomic mass is 10.1. The molecular formula is C13H17IN2OS. The zero-order valence-corrected chi connectivity index (χ0v) is 13.3. The first-order valence-electron chi connectivity index (χ1n) is 5.99. The van der Waals surface area contributed by atoms with E-state index in [1.165, 1.54) is 3.57 Å². The molecule has 0 aliphatic carbocycles. The Bertz CT molecular complexity index is 435. The highest BCUT2D eigenvalue weighted by atomic mass is 127. The molecule has 1 aliphatic rings. The van der Waals surface area contributed by atoms with Crippen LogP contribution in [0.4, 0.5) is 5.69 Å². The summed E-state index contributed by atoms with van der Waals surface area (Å²) in [4.78, 5) is 11.8. The van der Waals surface area contributed by atoms with Crippen LogP contribution >= 0.6 is 34.4 Å². The lowest BCUT2D eigenvalue weighted by Crippen LogP contribution is -2.43. The van der Waals surface area contributed by atoms with Crippen LogP contribution in [0.25, 0.3) is 0 Å². The Balaban J connectivity index is 1.75. The van der Waals surface area contributed by atoms with Crippen molar-refractivity contribution < 1.29 is 4.79 Å². The number of carbonyl (C=O) groups excluding carboxylic acids is 1. The summed E-state index contributed by atoms with van der Waals surface area (Å²) in [6.07, 6.45) is 0. The van der Waals surface area contributed by atoms with Crippen LogP contribution in [0, 0.1) is 16.4 Å². The summed E-state index contributed by atoms with van der Waals surface area (Å²) in [5, 5.41) is 6.21. The second kappa shape index (κ2) is 6.77. The minimum Gasteiger partial charge on any atom is -0.325 e. The van der Waals surface area contributed by atoms with Gasteiger partial charge in [0, 0.05) is 9.26 Å². The predicted molar refractivity (Wildman–Crippen MR) is 86.2 cm³/mol. The van der Waals surface area contributed by atoms with E-state index in [-0.39, 0.29) is 5.91 Å². The minimum atomic E-state index is 0.0941. The molecule has 0 radical (unpaired) electrons. The summed E-state index contributed by atoms with van der Waals surface area (Å²) in [6.45, 7) is 4.22. The maximum Gasteiger partial charge on any atom is 0.234 e. The first-order chi connectivity index (χ1) is 8.65. The van der Waals surface area contributed by atoms with Crippen LogP contribution in [0.1, 0.15) is 5.56 Å². The van der Waals surface area contributed by atoms with E-state index in [2.05, 4.69) is 39.3 Å². The Labute approximate surface area is 126 Å². The van der Waals surface area contributed by atoms with Crippen LogP contribution in [0.5, 0.6) is 0 Å². The molecule has 1 aromatic carbocycles. The molecule has 0 bridgehead atoms. The number of halogens is 1. The van der Waals surface area contributed by atoms with Crippen molar-refractivity contribution in [1.82, 2.24) is 5.32 Å². The van der Waals surface area contributed by atoms with E-state index in [1.807, 2.05) is 19.1 Å². The summed E-state index contributed by atoms with van der Waals surface area (Å²) in [5.74, 6) is 2.47. The second-order valence-corrected chi connectivity index (χ2v) is 6.82. The Morgan fingerprint density at radius 2 is 2.33 bits per heavy atom. The highest BCUT2D eigenvalue weighted by Crippen LogP contribution is 2.18. The Morgan fingerprint density at radius 1 is 1.56 bits per heavy atom. The molecule has 0 spiro atoms. The molecule has 0 aromatic heterocycles. The van der Waals surface area contributed by atoms with Crippen LogP contribution in [-0.2, 0) is 4.79 Å². The van der Waals surface area contributed by atoms with Crippen molar-refractivity contribution in [2.24, 2.45) is 5.92 Å². The molecular weight excluding hydrogens is 359 g/mol. The largest absolute Gasteiger partial charge is 0.325 e. The zero-order chi connectivity index (χ0) is 13.0. The van der Waals surface area contributed by atoms with Gasteiger partial charge in [-0.1, -0.05) is 0 Å². The standard InChI is InChI=1S/C13H17IN2OS/c1-9-4-11(14)2-3-12(9)16-13(17)8-18-7-10-5-15-6-10/h2-4,10,15H,5-8H2,1H3,(H,16,17). The van der Waals surface area contributed by atoms with E-state index in [1.54, 1.807) is 11.8 Å². The normalized spacial score (nSPS) is 15.2. The smallest absolute Gasteiger partial charge is 0.234 e. The first-order valence-corrected chi connectivity index (χ1v) is 8.23. The fourth-order valence-electron chi connectivity index (χ4n) is 1.74. The Kier molecular flexibility index (Phi) is 5.32. The van der Waals surface area contributed by atoms with Gasteiger partial charge in [-0.2, -0.15) is 11.8 Å². The summed E-state index contributed by atoms with van der Waals surface area (Å²) in [6, 6.07) is 6.05. The SMILES string of the molecule is Cc1cc(I)ccc1NC(=O)CSCC1CNC1. The third-order valence-electron chi connectivity index (χ3n) is 2.92. The van der Waals surface area contributed by atoms with Gasteiger partial charge >= 0.3 is 0 Å². The van der Waals surface area contributed by atoms with E-state index in [0.29, 0.717) is 5.75 Å². The van der Waals surface area contributed by atoms with Crippen LogP contribution in [0.15, 0.2) is 18.2 Å². The van der Waals surface area contributed by atoms with Crippen molar-refractivity contribution in [3.63, 3.8) is 0 Å². The van der Waals surface area contributed by atoms with Gasteiger partial charge in [0.2, 0.25) is 5.91 Å². The number of hydrogen-bond acceptors (Lipinski definition) is 3. The lowest BCUT2D eigenvalue weighted by molar-refractivity contribution is -0.113. The van der Waals surface area contributed by atoms with Crippen molar-refractivity contribution in [2.75, 3.05) is 29.9 Å². The number of nitrogens with one attached hydrogen (secondary N) is 2. The third kappa shape index (κ3) is 4.13. The van der Waals surface area contributed by atoms with Gasteiger partial charge in [0.1, 0.15) is 0 Å². The Hall–Kier alpha value is -0.270. The average molecular weight is 376 g/mol. The van der Waals surface area contributed by atoms with E-state index < -0.39 is 0 Å². The quantitative estimate of drug-likeness (QED) is 0.776. The van der Waals surface area contributed by atoms with Gasteiger partial charge in [0.15, 0.2) is 0 Å². The maximum absolute atomic E-state index is 11.8. The molecule has 2 N–H and O–H groups in total. The number of rotatable bonds is 5. The molecule has 1 amide bonds. The van der Waals surface area contributed by atoms with E-state index in [4.69, 9.17) is 0 Å². The highest BCUT2D eigenvalue weighted by Gasteiger charge is 2.16. The number of benzene rings is 1. The van der Waals surface area contributed by atoms with Gasteiger partial charge in [-0.25, -0.2) is 0 Å². The molecule has 1 saturated heterocycles. The molecule has 0 atom stereocenters. The van der Waals surface area contributed by atoms with Crippen LogP contribution in [-0.4, -0.2) is 30.5 Å². The summed E-state index contributed by atoms with van der Waals surface area (Å²) in [5.41, 5.74) is 2.04. The number of amides is 1. The molecule has 0 saturated carbocycles. The molecule has 1 fully saturated rings. The summed E-state index contributed by atoms with van der Waals surface area (Å²) < 4.78 is 1.19. The molecule has 5 heteroatoms. The van der Waals surface area contributed by atoms with Gasteiger partial charge in [0.05, 0.1) is 5.75 Å². The van der Waals surface area contributed by atoms with E-state index >= 15 is 0 Å². The van der Waals surface area contributed by atoms with Gasteiger partial charge < -0.3 is 10.6 Å². The molecule has 98 valence electrons. The van der Waals surface area contributed by atoms with Gasteiger partial charge in [-0.15, -0.1) is 0 Å². The number of anilines is 1.